The molecule has 1 amide bonds. The highest BCUT2D eigenvalue weighted by Gasteiger charge is 2.38. The van der Waals surface area contributed by atoms with Crippen molar-refractivity contribution in [3.05, 3.63) is 185 Å². The number of aliphatic hydroxyl groups excluding tert-OH is 1. The van der Waals surface area contributed by atoms with Gasteiger partial charge in [0.2, 0.25) is 15.9 Å². The second-order valence-corrected chi connectivity index (χ2v) is 19.3. The third kappa shape index (κ3) is 10.5. The Bertz CT molecular complexity index is 2640. The van der Waals surface area contributed by atoms with Crippen LogP contribution in [-0.2, 0) is 43.9 Å². The molecular weight excluding hydrogens is 823 g/mol. The van der Waals surface area contributed by atoms with Gasteiger partial charge in [-0.3, -0.25) is 4.79 Å². The van der Waals surface area contributed by atoms with Crippen molar-refractivity contribution in [2.45, 2.75) is 67.2 Å². The number of thiazole rings is 1. The number of aliphatic hydroxyl groups is 1. The monoisotopic (exact) mass is 869 g/mol. The Morgan fingerprint density at radius 3 is 2.23 bits per heavy atom. The maximum absolute atomic E-state index is 13.7. The van der Waals surface area contributed by atoms with Crippen LogP contribution in [0.15, 0.2) is 161 Å². The molecule has 5 atom stereocenters. The van der Waals surface area contributed by atoms with Crippen molar-refractivity contribution in [2.24, 2.45) is 5.92 Å². The van der Waals surface area contributed by atoms with Crippen molar-refractivity contribution in [3.8, 4) is 11.1 Å². The Balaban J connectivity index is 0.961. The van der Waals surface area contributed by atoms with Crippen LogP contribution in [0, 0.1) is 12.8 Å². The van der Waals surface area contributed by atoms with Crippen LogP contribution in [0.2, 0.25) is 0 Å². The summed E-state index contributed by atoms with van der Waals surface area (Å²) in [5.74, 6) is 0.331. The predicted molar refractivity (Wildman–Crippen MR) is 242 cm³/mol. The molecule has 0 unspecified atom stereocenters. The second kappa shape index (κ2) is 19.3. The Morgan fingerprint density at radius 1 is 0.787 bits per heavy atom. The molecule has 1 fully saturated rings. The minimum Gasteiger partial charge on any atom is -0.392 e. The van der Waals surface area contributed by atoms with E-state index in [1.54, 1.807) is 47.4 Å². The molecule has 7 aromatic rings. The van der Waals surface area contributed by atoms with Gasteiger partial charge in [-0.15, -0.1) is 11.3 Å². The fourth-order valence-corrected chi connectivity index (χ4v) is 10.8. The van der Waals surface area contributed by atoms with Gasteiger partial charge >= 0.3 is 0 Å². The molecule has 1 aliphatic heterocycles. The van der Waals surface area contributed by atoms with Gasteiger partial charge in [0.25, 0.3) is 0 Å². The lowest BCUT2D eigenvalue weighted by Gasteiger charge is -2.41. The second-order valence-electron chi connectivity index (χ2n) is 15.3. The van der Waals surface area contributed by atoms with Crippen molar-refractivity contribution in [1.29, 1.82) is 0 Å². The summed E-state index contributed by atoms with van der Waals surface area (Å²) in [6.07, 6.45) is -0.779. The van der Waals surface area contributed by atoms with Gasteiger partial charge in [0.15, 0.2) is 10.6 Å². The van der Waals surface area contributed by atoms with E-state index < -0.39 is 28.3 Å². The van der Waals surface area contributed by atoms with E-state index in [1.807, 2.05) is 128 Å². The van der Waals surface area contributed by atoms with Gasteiger partial charge in [0, 0.05) is 23.8 Å². The summed E-state index contributed by atoms with van der Waals surface area (Å²) in [5, 5.41) is 12.6. The van der Waals surface area contributed by atoms with E-state index in [-0.39, 0.29) is 42.6 Å². The molecule has 0 spiro atoms. The highest BCUT2D eigenvalue weighted by Crippen LogP contribution is 2.44. The number of carbonyl (C=O) groups excluding carboxylic acids is 1. The number of rotatable bonds is 15. The number of ether oxygens (including phenoxy) is 2. The number of amides is 1. The van der Waals surface area contributed by atoms with Crippen LogP contribution < -0.4 is 10.0 Å². The highest BCUT2D eigenvalue weighted by atomic mass is 32.2. The van der Waals surface area contributed by atoms with Crippen molar-refractivity contribution in [3.63, 3.8) is 0 Å². The number of sulfonamides is 1. The molecule has 12 heteroatoms. The number of para-hydroxylation sites is 1. The summed E-state index contributed by atoms with van der Waals surface area (Å²) in [6, 6.07) is 47.1. The lowest BCUT2D eigenvalue weighted by Crippen LogP contribution is -2.47. The Hall–Kier alpha value is -5.18. The Kier molecular flexibility index (Phi) is 13.4. The van der Waals surface area contributed by atoms with E-state index in [0.717, 1.165) is 59.1 Å². The van der Waals surface area contributed by atoms with Crippen molar-refractivity contribution in [2.75, 3.05) is 5.75 Å². The van der Waals surface area contributed by atoms with Gasteiger partial charge in [0.1, 0.15) is 6.04 Å². The van der Waals surface area contributed by atoms with E-state index in [0.29, 0.717) is 5.75 Å². The maximum atomic E-state index is 13.7. The zero-order chi connectivity index (χ0) is 42.3. The molecule has 1 aromatic heterocycles. The average Bonchev–Trinajstić information content (AvgIpc) is 3.71. The molecule has 61 heavy (non-hydrogen) atoms. The molecule has 0 saturated carbocycles. The number of carbonyl (C=O) groups is 1. The first-order valence-corrected chi connectivity index (χ1v) is 23.5. The van der Waals surface area contributed by atoms with Gasteiger partial charge in [-0.05, 0) is 77.1 Å². The molecule has 8 rings (SSSR count). The first-order valence-electron chi connectivity index (χ1n) is 20.2. The number of benzene rings is 6. The zero-order valence-corrected chi connectivity index (χ0v) is 36.3. The number of aryl methyl sites for hydroxylation is 1. The molecule has 0 radical (unpaired) electrons. The molecule has 0 aliphatic carbocycles. The number of nitrogens with zero attached hydrogens (tertiary/aromatic N) is 1. The normalized spacial score (nSPS) is 18.5. The molecule has 3 N–H and O–H groups in total. The van der Waals surface area contributed by atoms with Crippen molar-refractivity contribution >= 4 is 49.2 Å². The zero-order valence-electron chi connectivity index (χ0n) is 33.8. The van der Waals surface area contributed by atoms with Crippen LogP contribution in [0.5, 0.6) is 0 Å². The molecule has 2 heterocycles. The lowest BCUT2D eigenvalue weighted by atomic mass is 9.91. The fraction of sp³-hybridized carbons (Fsp3) is 0.224. The standard InChI is InChI=1S/C49H47N3O6S3/c1-32-15-25-41(26-16-32)61(55,56)52-43(28-34-9-4-3-5-10-34)47(54)50-29-36-11-8-12-40(27-36)37-21-23-39(24-22-37)48-57-44(31-59-49-51-42-13-6-7-14-45(42)60-49)33(2)46(58-48)38-19-17-35(30-53)18-20-38/h3-27,33,43-44,46,48,52-53H,28-31H2,1-2H3,(H,50,54)/t33-,43-,44+,46+,48+/m1/s1. The van der Waals surface area contributed by atoms with E-state index in [2.05, 4.69) is 23.0 Å². The highest BCUT2D eigenvalue weighted by molar-refractivity contribution is 8.01. The van der Waals surface area contributed by atoms with E-state index in [9.17, 15) is 18.3 Å². The fourth-order valence-electron chi connectivity index (χ4n) is 7.39. The van der Waals surface area contributed by atoms with Crippen LogP contribution in [0.3, 0.4) is 0 Å². The van der Waals surface area contributed by atoms with Crippen LogP contribution in [0.25, 0.3) is 21.3 Å². The summed E-state index contributed by atoms with van der Waals surface area (Å²) in [7, 11) is -3.96. The number of fused-ring (bicyclic) bond motifs is 1. The van der Waals surface area contributed by atoms with Crippen LogP contribution in [0.1, 0.15) is 52.7 Å². The summed E-state index contributed by atoms with van der Waals surface area (Å²) >= 11 is 3.39. The Labute approximate surface area is 365 Å². The van der Waals surface area contributed by atoms with Crippen molar-refractivity contribution in [1.82, 2.24) is 15.0 Å². The summed E-state index contributed by atoms with van der Waals surface area (Å²) in [5.41, 5.74) is 8.35. The topological polar surface area (TPSA) is 127 Å². The summed E-state index contributed by atoms with van der Waals surface area (Å²) < 4.78 is 45.0. The van der Waals surface area contributed by atoms with Crippen molar-refractivity contribution < 1.29 is 27.8 Å². The molecule has 312 valence electrons. The largest absolute Gasteiger partial charge is 0.392 e. The van der Waals surface area contributed by atoms with Crippen LogP contribution in [-0.4, -0.2) is 42.3 Å². The summed E-state index contributed by atoms with van der Waals surface area (Å²) in [4.78, 5) is 18.6. The number of hydrogen-bond acceptors (Lipinski definition) is 9. The maximum Gasteiger partial charge on any atom is 0.241 e. The van der Waals surface area contributed by atoms with Gasteiger partial charge in [-0.25, -0.2) is 13.4 Å². The first-order chi connectivity index (χ1) is 29.6. The molecule has 9 nitrogen and oxygen atoms in total. The van der Waals surface area contributed by atoms with Gasteiger partial charge in [-0.1, -0.05) is 146 Å². The molecule has 1 aliphatic rings. The number of nitrogens with one attached hydrogen (secondary N) is 2. The number of thioether (sulfide) groups is 1. The minimum absolute atomic E-state index is 0.0213. The Morgan fingerprint density at radius 2 is 1.49 bits per heavy atom. The minimum atomic E-state index is -3.96. The molecule has 0 bridgehead atoms. The van der Waals surface area contributed by atoms with Gasteiger partial charge in [0.05, 0.1) is 33.9 Å². The average molecular weight is 870 g/mol. The van der Waals surface area contributed by atoms with Crippen LogP contribution in [0.4, 0.5) is 0 Å². The first kappa shape index (κ1) is 42.5. The van der Waals surface area contributed by atoms with Crippen LogP contribution >= 0.6 is 23.1 Å². The molecular formula is C49H47N3O6S3. The molecule has 6 aromatic carbocycles. The van der Waals surface area contributed by atoms with Gasteiger partial charge in [-0.2, -0.15) is 4.72 Å². The lowest BCUT2D eigenvalue weighted by molar-refractivity contribution is -0.268. The van der Waals surface area contributed by atoms with E-state index >= 15 is 0 Å². The van der Waals surface area contributed by atoms with E-state index in [4.69, 9.17) is 14.5 Å². The number of aromatic nitrogens is 1. The van der Waals surface area contributed by atoms with E-state index in [1.165, 1.54) is 0 Å². The summed E-state index contributed by atoms with van der Waals surface area (Å²) in [6.45, 7) is 4.24. The quantitative estimate of drug-likeness (QED) is 0.0871. The number of hydrogen-bond donors (Lipinski definition) is 3. The predicted octanol–water partition coefficient (Wildman–Crippen LogP) is 9.55. The molecule has 1 saturated heterocycles. The third-order valence-electron chi connectivity index (χ3n) is 10.9. The SMILES string of the molecule is Cc1ccc(S(=O)(=O)N[C@H](Cc2ccccc2)C(=O)NCc2cccc(-c3ccc([C@H]4O[C@@H](CSc5nc6ccccc6s5)[C@@H](C)[C@@H](c5ccc(CO)cc5)O4)cc3)c2)cc1. The van der Waals surface area contributed by atoms with Gasteiger partial charge < -0.3 is 19.9 Å². The third-order valence-corrected chi connectivity index (χ3v) is 14.7. The smallest absolute Gasteiger partial charge is 0.241 e.